The minimum atomic E-state index is 0.207. The van der Waals surface area contributed by atoms with Gasteiger partial charge in [-0.15, -0.1) is 0 Å². The molecule has 1 aliphatic heterocycles. The number of fused-ring (bicyclic) bond motifs is 1. The second-order valence-electron chi connectivity index (χ2n) is 6.00. The van der Waals surface area contributed by atoms with Crippen LogP contribution in [-0.2, 0) is 11.2 Å². The molecule has 2 N–H and O–H groups in total. The predicted molar refractivity (Wildman–Crippen MR) is 85.2 cm³/mol. The molecule has 0 bridgehead atoms. The molecule has 1 aromatic carbocycles. The van der Waals surface area contributed by atoms with Crippen LogP contribution in [0.25, 0.3) is 10.9 Å². The van der Waals surface area contributed by atoms with Gasteiger partial charge in [0.1, 0.15) is 0 Å². The highest BCUT2D eigenvalue weighted by Gasteiger charge is 2.18. The van der Waals surface area contributed by atoms with Crippen LogP contribution in [0.15, 0.2) is 30.5 Å². The summed E-state index contributed by atoms with van der Waals surface area (Å²) in [4.78, 5) is 17.6. The molecule has 0 atom stereocenters. The molecule has 3 rings (SSSR count). The van der Waals surface area contributed by atoms with Gasteiger partial charge in [0.05, 0.1) is 6.42 Å². The zero-order chi connectivity index (χ0) is 14.7. The summed E-state index contributed by atoms with van der Waals surface area (Å²) in [6.45, 7) is 3.03. The number of aromatic nitrogens is 1. The van der Waals surface area contributed by atoms with E-state index < -0.39 is 0 Å². The topological polar surface area (TPSA) is 48.1 Å². The number of amides is 1. The summed E-state index contributed by atoms with van der Waals surface area (Å²) in [5.41, 5.74) is 2.19. The minimum absolute atomic E-state index is 0.207. The van der Waals surface area contributed by atoms with Crippen molar-refractivity contribution in [3.63, 3.8) is 0 Å². The predicted octanol–water partition coefficient (Wildman–Crippen LogP) is 2.17. The smallest absolute Gasteiger partial charge is 0.226 e. The van der Waals surface area contributed by atoms with Crippen LogP contribution in [0.1, 0.15) is 18.4 Å². The molecular weight excluding hydrogens is 262 g/mol. The van der Waals surface area contributed by atoms with Crippen molar-refractivity contribution in [2.75, 3.05) is 26.7 Å². The van der Waals surface area contributed by atoms with E-state index in [1.54, 1.807) is 0 Å². The fraction of sp³-hybridized carbons (Fsp3) is 0.471. The first-order chi connectivity index (χ1) is 10.2. The van der Waals surface area contributed by atoms with Crippen LogP contribution in [-0.4, -0.2) is 42.5 Å². The van der Waals surface area contributed by atoms with Crippen molar-refractivity contribution in [1.29, 1.82) is 0 Å². The van der Waals surface area contributed by atoms with Crippen molar-refractivity contribution in [2.24, 2.45) is 5.92 Å². The summed E-state index contributed by atoms with van der Waals surface area (Å²) in [5, 5.41) is 4.52. The Morgan fingerprint density at radius 2 is 2.05 bits per heavy atom. The Morgan fingerprint density at radius 1 is 1.29 bits per heavy atom. The fourth-order valence-corrected chi connectivity index (χ4v) is 3.13. The molecular formula is C17H23N3O. The third-order valence-corrected chi connectivity index (χ3v) is 4.43. The van der Waals surface area contributed by atoms with Crippen LogP contribution in [0, 0.1) is 5.92 Å². The number of carbonyl (C=O) groups excluding carboxylic acids is 1. The van der Waals surface area contributed by atoms with Crippen LogP contribution < -0.4 is 5.32 Å². The summed E-state index contributed by atoms with van der Waals surface area (Å²) in [7, 11) is 1.93. The fourth-order valence-electron chi connectivity index (χ4n) is 3.13. The van der Waals surface area contributed by atoms with Gasteiger partial charge in [-0.05, 0) is 43.5 Å². The van der Waals surface area contributed by atoms with E-state index in [4.69, 9.17) is 0 Å². The minimum Gasteiger partial charge on any atom is -0.361 e. The van der Waals surface area contributed by atoms with Crippen LogP contribution in [0.3, 0.4) is 0 Å². The van der Waals surface area contributed by atoms with Crippen molar-refractivity contribution in [3.8, 4) is 0 Å². The normalized spacial score (nSPS) is 16.2. The van der Waals surface area contributed by atoms with Crippen molar-refractivity contribution in [3.05, 3.63) is 36.0 Å². The number of rotatable bonds is 4. The molecule has 1 aromatic heterocycles. The van der Waals surface area contributed by atoms with Gasteiger partial charge in [0, 0.05) is 30.7 Å². The van der Waals surface area contributed by atoms with Crippen molar-refractivity contribution in [1.82, 2.24) is 15.2 Å². The number of nitrogens with one attached hydrogen (secondary N) is 2. The zero-order valence-electron chi connectivity index (χ0n) is 12.6. The molecule has 4 heteroatoms. The molecule has 1 fully saturated rings. The number of benzene rings is 1. The van der Waals surface area contributed by atoms with Gasteiger partial charge < -0.3 is 15.2 Å². The molecule has 0 radical (unpaired) electrons. The quantitative estimate of drug-likeness (QED) is 0.904. The zero-order valence-corrected chi connectivity index (χ0v) is 12.6. The molecule has 1 amide bonds. The molecule has 0 saturated carbocycles. The monoisotopic (exact) mass is 285 g/mol. The molecule has 0 unspecified atom stereocenters. The molecule has 0 aliphatic carbocycles. The summed E-state index contributed by atoms with van der Waals surface area (Å²) < 4.78 is 0. The molecule has 2 aromatic rings. The summed E-state index contributed by atoms with van der Waals surface area (Å²) in [6.07, 6.45) is 4.78. The van der Waals surface area contributed by atoms with Gasteiger partial charge in [-0.2, -0.15) is 0 Å². The van der Waals surface area contributed by atoms with E-state index in [2.05, 4.69) is 16.4 Å². The number of nitrogens with zero attached hydrogens (tertiary/aromatic N) is 1. The molecule has 2 heterocycles. The number of para-hydroxylation sites is 1. The maximum atomic E-state index is 12.4. The second-order valence-corrected chi connectivity index (χ2v) is 6.00. The van der Waals surface area contributed by atoms with E-state index in [9.17, 15) is 4.79 Å². The standard InChI is InChI=1S/C17H23N3O/c1-20(12-13-6-8-18-9-7-13)17(21)10-14-11-19-16-5-3-2-4-15(14)16/h2-5,11,13,18-19H,6-10,12H2,1H3. The third-order valence-electron chi connectivity index (χ3n) is 4.43. The first kappa shape index (κ1) is 14.1. The summed E-state index contributed by atoms with van der Waals surface area (Å²) >= 11 is 0. The molecule has 4 nitrogen and oxygen atoms in total. The van der Waals surface area contributed by atoms with Gasteiger partial charge in [-0.1, -0.05) is 18.2 Å². The van der Waals surface area contributed by atoms with E-state index in [1.807, 2.05) is 36.3 Å². The Hall–Kier alpha value is -1.81. The highest BCUT2D eigenvalue weighted by atomic mass is 16.2. The lowest BCUT2D eigenvalue weighted by Gasteiger charge is -2.27. The Labute approximate surface area is 125 Å². The van der Waals surface area contributed by atoms with Crippen LogP contribution in [0.4, 0.5) is 0 Å². The van der Waals surface area contributed by atoms with Crippen molar-refractivity contribution in [2.45, 2.75) is 19.3 Å². The van der Waals surface area contributed by atoms with E-state index in [1.165, 1.54) is 12.8 Å². The lowest BCUT2D eigenvalue weighted by atomic mass is 9.97. The third kappa shape index (κ3) is 3.27. The maximum Gasteiger partial charge on any atom is 0.226 e. The van der Waals surface area contributed by atoms with Gasteiger partial charge in [-0.25, -0.2) is 0 Å². The van der Waals surface area contributed by atoms with Crippen molar-refractivity contribution >= 4 is 16.8 Å². The number of piperidine rings is 1. The largest absolute Gasteiger partial charge is 0.361 e. The van der Waals surface area contributed by atoms with E-state index >= 15 is 0 Å². The van der Waals surface area contributed by atoms with Crippen molar-refractivity contribution < 1.29 is 4.79 Å². The van der Waals surface area contributed by atoms with Crippen LogP contribution in [0.2, 0.25) is 0 Å². The lowest BCUT2D eigenvalue weighted by Crippen LogP contribution is -2.37. The van der Waals surface area contributed by atoms with Gasteiger partial charge in [0.25, 0.3) is 0 Å². The Morgan fingerprint density at radius 3 is 2.86 bits per heavy atom. The highest BCUT2D eigenvalue weighted by Crippen LogP contribution is 2.19. The van der Waals surface area contributed by atoms with E-state index in [0.29, 0.717) is 12.3 Å². The Balaban J connectivity index is 1.62. The van der Waals surface area contributed by atoms with Crippen LogP contribution >= 0.6 is 0 Å². The Kier molecular flexibility index (Phi) is 4.25. The number of carbonyl (C=O) groups is 1. The SMILES string of the molecule is CN(CC1CCNCC1)C(=O)Cc1c[nH]c2ccccc12. The average Bonchev–Trinajstić information content (AvgIpc) is 2.91. The molecule has 0 spiro atoms. The van der Waals surface area contributed by atoms with Gasteiger partial charge in [-0.3, -0.25) is 4.79 Å². The van der Waals surface area contributed by atoms with Gasteiger partial charge in [0.15, 0.2) is 0 Å². The number of likely N-dealkylation sites (N-methyl/N-ethyl adjacent to an activating group) is 1. The second kappa shape index (κ2) is 6.31. The molecule has 1 aliphatic rings. The van der Waals surface area contributed by atoms with Gasteiger partial charge in [0.2, 0.25) is 5.91 Å². The summed E-state index contributed by atoms with van der Waals surface area (Å²) in [6, 6.07) is 8.14. The van der Waals surface area contributed by atoms with Crippen LogP contribution in [0.5, 0.6) is 0 Å². The lowest BCUT2D eigenvalue weighted by molar-refractivity contribution is -0.129. The number of hydrogen-bond acceptors (Lipinski definition) is 2. The van der Waals surface area contributed by atoms with Gasteiger partial charge >= 0.3 is 0 Å². The number of H-pyrrole nitrogens is 1. The molecule has 112 valence electrons. The maximum absolute atomic E-state index is 12.4. The first-order valence-electron chi connectivity index (χ1n) is 7.73. The highest BCUT2D eigenvalue weighted by molar-refractivity contribution is 5.88. The molecule has 1 saturated heterocycles. The van der Waals surface area contributed by atoms with E-state index in [-0.39, 0.29) is 5.91 Å². The Bertz CT molecular complexity index is 613. The number of hydrogen-bond donors (Lipinski definition) is 2. The first-order valence-corrected chi connectivity index (χ1v) is 7.73. The summed E-state index contributed by atoms with van der Waals surface area (Å²) in [5.74, 6) is 0.849. The number of aromatic amines is 1. The van der Waals surface area contributed by atoms with E-state index in [0.717, 1.165) is 36.1 Å². The molecule has 21 heavy (non-hydrogen) atoms. The average molecular weight is 285 g/mol.